The van der Waals surface area contributed by atoms with Gasteiger partial charge in [0.25, 0.3) is 0 Å². The fourth-order valence-corrected chi connectivity index (χ4v) is 3.24. The summed E-state index contributed by atoms with van der Waals surface area (Å²) in [7, 11) is 1.65. The summed E-state index contributed by atoms with van der Waals surface area (Å²) in [5, 5.41) is 10.3. The first-order valence-electron chi connectivity index (χ1n) is 8.57. The summed E-state index contributed by atoms with van der Waals surface area (Å²) < 4.78 is 7.50. The number of fused-ring (bicyclic) bond motifs is 1. The minimum atomic E-state index is -1.03. The van der Waals surface area contributed by atoms with Gasteiger partial charge in [-0.1, -0.05) is 36.4 Å². The molecule has 1 N–H and O–H groups in total. The Kier molecular flexibility index (Phi) is 4.34. The van der Waals surface area contributed by atoms with Crippen LogP contribution >= 0.6 is 0 Å². The highest BCUT2D eigenvalue weighted by atomic mass is 16.5. The number of hydrogen-bond acceptors (Lipinski definition) is 3. The molecule has 2 aromatic heterocycles. The fourth-order valence-electron chi connectivity index (χ4n) is 3.24. The van der Waals surface area contributed by atoms with Crippen molar-refractivity contribution in [3.8, 4) is 17.0 Å². The van der Waals surface area contributed by atoms with Crippen molar-refractivity contribution in [2.24, 2.45) is 0 Å². The van der Waals surface area contributed by atoms with Gasteiger partial charge in [0.1, 0.15) is 11.4 Å². The molecule has 0 bridgehead atoms. The largest absolute Gasteiger partial charge is 0.497 e. The van der Waals surface area contributed by atoms with Crippen LogP contribution in [0.5, 0.6) is 5.75 Å². The third kappa shape index (κ3) is 3.27. The Balaban J connectivity index is 1.87. The Hall–Kier alpha value is -3.60. The zero-order valence-corrected chi connectivity index (χ0v) is 14.8. The first kappa shape index (κ1) is 16.8. The van der Waals surface area contributed by atoms with Crippen LogP contribution in [0, 0.1) is 0 Å². The molecule has 0 amide bonds. The van der Waals surface area contributed by atoms with Crippen LogP contribution in [-0.4, -0.2) is 27.7 Å². The van der Waals surface area contributed by atoms with Crippen LogP contribution in [-0.2, 0) is 6.54 Å². The molecule has 0 radical (unpaired) electrons. The van der Waals surface area contributed by atoms with Gasteiger partial charge in [0.05, 0.1) is 19.3 Å². The lowest BCUT2D eigenvalue weighted by molar-refractivity contribution is 0.0690. The molecule has 2 heterocycles. The third-order valence-electron chi connectivity index (χ3n) is 4.52. The van der Waals surface area contributed by atoms with Gasteiger partial charge in [-0.2, -0.15) is 0 Å². The summed E-state index contributed by atoms with van der Waals surface area (Å²) in [5.41, 5.74) is 3.91. The molecule has 27 heavy (non-hydrogen) atoms. The van der Waals surface area contributed by atoms with Crippen LogP contribution < -0.4 is 4.74 Å². The van der Waals surface area contributed by atoms with Gasteiger partial charge >= 0.3 is 5.97 Å². The number of pyridine rings is 1. The molecule has 134 valence electrons. The standard InChI is InChI=1S/C22H18N2O3/c1-27-18-10-11-20-16(12-18)13-21(15-6-3-2-4-7-15)24(20)14-17-8-5-9-19(23-17)22(25)26/h2-13H,14H2,1H3,(H,25,26). The molecule has 4 aromatic rings. The minimum absolute atomic E-state index is 0.0480. The summed E-state index contributed by atoms with van der Waals surface area (Å²) in [6.07, 6.45) is 0. The summed E-state index contributed by atoms with van der Waals surface area (Å²) in [5.74, 6) is -0.229. The van der Waals surface area contributed by atoms with E-state index >= 15 is 0 Å². The first-order valence-corrected chi connectivity index (χ1v) is 8.57. The normalized spacial score (nSPS) is 10.9. The average Bonchev–Trinajstić information content (AvgIpc) is 3.06. The second-order valence-electron chi connectivity index (χ2n) is 6.23. The van der Waals surface area contributed by atoms with Crippen LogP contribution in [0.2, 0.25) is 0 Å². The van der Waals surface area contributed by atoms with Crippen molar-refractivity contribution in [3.63, 3.8) is 0 Å². The Labute approximate surface area is 156 Å². The fraction of sp³-hybridized carbons (Fsp3) is 0.0909. The molecule has 0 fully saturated rings. The van der Waals surface area contributed by atoms with Crippen LogP contribution in [0.1, 0.15) is 16.2 Å². The molecule has 0 saturated heterocycles. The summed E-state index contributed by atoms with van der Waals surface area (Å²) >= 11 is 0. The molecule has 0 spiro atoms. The average molecular weight is 358 g/mol. The number of benzene rings is 2. The number of aromatic nitrogens is 2. The first-order chi connectivity index (χ1) is 13.2. The highest BCUT2D eigenvalue weighted by Gasteiger charge is 2.13. The lowest BCUT2D eigenvalue weighted by Crippen LogP contribution is -2.07. The maximum atomic E-state index is 11.2. The number of hydrogen-bond donors (Lipinski definition) is 1. The molecule has 0 atom stereocenters. The topological polar surface area (TPSA) is 64.3 Å². The van der Waals surface area contributed by atoms with Crippen LogP contribution in [0.3, 0.4) is 0 Å². The number of methoxy groups -OCH3 is 1. The summed E-state index contributed by atoms with van der Waals surface area (Å²) in [6, 6.07) is 23.2. The lowest BCUT2D eigenvalue weighted by Gasteiger charge is -2.11. The van der Waals surface area contributed by atoms with E-state index in [-0.39, 0.29) is 5.69 Å². The minimum Gasteiger partial charge on any atom is -0.497 e. The van der Waals surface area contributed by atoms with Crippen molar-refractivity contribution >= 4 is 16.9 Å². The second kappa shape index (κ2) is 6.96. The number of carbonyl (C=O) groups is 1. The Bertz CT molecular complexity index is 1120. The SMILES string of the molecule is COc1ccc2c(c1)cc(-c1ccccc1)n2Cc1cccc(C(=O)O)n1. The number of carboxylic acid groups (broad SMARTS) is 1. The van der Waals surface area contributed by atoms with Crippen molar-refractivity contribution in [2.75, 3.05) is 7.11 Å². The van der Waals surface area contributed by atoms with E-state index in [0.717, 1.165) is 27.9 Å². The van der Waals surface area contributed by atoms with Gasteiger partial charge in [-0.3, -0.25) is 0 Å². The number of carboxylic acids is 1. The van der Waals surface area contributed by atoms with Crippen molar-refractivity contribution in [2.45, 2.75) is 6.54 Å². The molecule has 0 saturated carbocycles. The highest BCUT2D eigenvalue weighted by molar-refractivity contribution is 5.88. The molecule has 4 rings (SSSR count). The monoisotopic (exact) mass is 358 g/mol. The Morgan fingerprint density at radius 1 is 1.04 bits per heavy atom. The van der Waals surface area contributed by atoms with Crippen molar-refractivity contribution in [3.05, 3.63) is 84.2 Å². The summed E-state index contributed by atoms with van der Waals surface area (Å²) in [6.45, 7) is 0.473. The molecule has 0 unspecified atom stereocenters. The maximum absolute atomic E-state index is 11.2. The number of nitrogens with zero attached hydrogens (tertiary/aromatic N) is 2. The van der Waals surface area contributed by atoms with E-state index in [0.29, 0.717) is 12.2 Å². The molecule has 5 heteroatoms. The molecular weight excluding hydrogens is 340 g/mol. The predicted molar refractivity (Wildman–Crippen MR) is 104 cm³/mol. The van der Waals surface area contributed by atoms with Crippen LogP contribution in [0.15, 0.2) is 72.8 Å². The molecule has 2 aromatic carbocycles. The Morgan fingerprint density at radius 2 is 1.85 bits per heavy atom. The molecule has 5 nitrogen and oxygen atoms in total. The highest BCUT2D eigenvalue weighted by Crippen LogP contribution is 2.31. The molecule has 0 aliphatic carbocycles. The van der Waals surface area contributed by atoms with Gasteiger partial charge in [-0.05, 0) is 42.0 Å². The van der Waals surface area contributed by atoms with Crippen molar-refractivity contribution in [1.29, 1.82) is 0 Å². The smallest absolute Gasteiger partial charge is 0.354 e. The van der Waals surface area contributed by atoms with Gasteiger partial charge < -0.3 is 14.4 Å². The predicted octanol–water partition coefficient (Wildman–Crippen LogP) is 4.46. The second-order valence-corrected chi connectivity index (χ2v) is 6.23. The van der Waals surface area contributed by atoms with Gasteiger partial charge in [-0.25, -0.2) is 9.78 Å². The zero-order valence-electron chi connectivity index (χ0n) is 14.8. The summed E-state index contributed by atoms with van der Waals surface area (Å²) in [4.78, 5) is 15.5. The van der Waals surface area contributed by atoms with Crippen molar-refractivity contribution in [1.82, 2.24) is 9.55 Å². The van der Waals surface area contributed by atoms with E-state index < -0.39 is 5.97 Å². The number of ether oxygens (including phenoxy) is 1. The molecular formula is C22H18N2O3. The van der Waals surface area contributed by atoms with E-state index in [2.05, 4.69) is 27.8 Å². The molecule has 0 aliphatic rings. The van der Waals surface area contributed by atoms with E-state index in [4.69, 9.17) is 4.74 Å². The number of rotatable bonds is 5. The van der Waals surface area contributed by atoms with Crippen LogP contribution in [0.4, 0.5) is 0 Å². The van der Waals surface area contributed by atoms with Crippen LogP contribution in [0.25, 0.3) is 22.2 Å². The number of aromatic carboxylic acids is 1. The maximum Gasteiger partial charge on any atom is 0.354 e. The Morgan fingerprint density at radius 3 is 2.59 bits per heavy atom. The van der Waals surface area contributed by atoms with E-state index in [9.17, 15) is 9.90 Å². The van der Waals surface area contributed by atoms with E-state index in [1.165, 1.54) is 6.07 Å². The van der Waals surface area contributed by atoms with Gasteiger partial charge in [0, 0.05) is 16.6 Å². The van der Waals surface area contributed by atoms with Gasteiger partial charge in [0.2, 0.25) is 0 Å². The van der Waals surface area contributed by atoms with E-state index in [1.807, 2.05) is 42.5 Å². The van der Waals surface area contributed by atoms with E-state index in [1.54, 1.807) is 13.2 Å². The quantitative estimate of drug-likeness (QED) is 0.572. The third-order valence-corrected chi connectivity index (χ3v) is 4.52. The lowest BCUT2D eigenvalue weighted by atomic mass is 10.1. The molecule has 0 aliphatic heterocycles. The zero-order chi connectivity index (χ0) is 18.8. The van der Waals surface area contributed by atoms with Gasteiger partial charge in [0.15, 0.2) is 0 Å². The van der Waals surface area contributed by atoms with Gasteiger partial charge in [-0.15, -0.1) is 0 Å². The van der Waals surface area contributed by atoms with Crippen molar-refractivity contribution < 1.29 is 14.6 Å².